The Morgan fingerprint density at radius 1 is 1.24 bits per heavy atom. The van der Waals surface area contributed by atoms with Gasteiger partial charge in [-0.25, -0.2) is 0 Å². The quantitative estimate of drug-likeness (QED) is 0.690. The Morgan fingerprint density at radius 2 is 1.82 bits per heavy atom. The molecule has 0 aliphatic heterocycles. The first kappa shape index (κ1) is 16.9. The van der Waals surface area contributed by atoms with Gasteiger partial charge in [0.05, 0.1) is 18.3 Å². The molecule has 3 unspecified atom stereocenters. The fourth-order valence-electron chi connectivity index (χ4n) is 1.60. The van der Waals surface area contributed by atoms with Gasteiger partial charge in [0.1, 0.15) is 0 Å². The minimum absolute atomic E-state index is 0.177. The van der Waals surface area contributed by atoms with Crippen LogP contribution in [0.1, 0.15) is 54.4 Å². The van der Waals surface area contributed by atoms with Gasteiger partial charge in [0, 0.05) is 12.6 Å². The summed E-state index contributed by atoms with van der Waals surface area (Å²) in [6.07, 6.45) is 1.94. The molecule has 104 valence electrons. The first-order chi connectivity index (χ1) is 7.74. The minimum Gasteiger partial charge on any atom is -0.389 e. The van der Waals surface area contributed by atoms with Crippen molar-refractivity contribution < 1.29 is 9.84 Å². The zero-order chi connectivity index (χ0) is 13.5. The molecule has 0 bridgehead atoms. The van der Waals surface area contributed by atoms with Gasteiger partial charge >= 0.3 is 0 Å². The highest BCUT2D eigenvalue weighted by molar-refractivity contribution is 4.69. The lowest BCUT2D eigenvalue weighted by atomic mass is 10.0. The van der Waals surface area contributed by atoms with Crippen molar-refractivity contribution in [3.05, 3.63) is 0 Å². The van der Waals surface area contributed by atoms with Crippen molar-refractivity contribution in [1.82, 2.24) is 5.32 Å². The smallest absolute Gasteiger partial charge is 0.0898 e. The average molecular weight is 245 g/mol. The van der Waals surface area contributed by atoms with Gasteiger partial charge in [-0.05, 0) is 40.0 Å². The maximum Gasteiger partial charge on any atom is 0.0898 e. The number of hydrogen-bond donors (Lipinski definition) is 2. The summed E-state index contributed by atoms with van der Waals surface area (Å²) in [4.78, 5) is 0. The highest BCUT2D eigenvalue weighted by Gasteiger charge is 2.14. The predicted octanol–water partition coefficient (Wildman–Crippen LogP) is 2.58. The molecule has 17 heavy (non-hydrogen) atoms. The summed E-state index contributed by atoms with van der Waals surface area (Å²) < 4.78 is 5.54. The fourth-order valence-corrected chi connectivity index (χ4v) is 1.60. The van der Waals surface area contributed by atoms with E-state index in [0.29, 0.717) is 19.2 Å². The second kappa shape index (κ2) is 8.06. The second-order valence-electron chi connectivity index (χ2n) is 6.14. The lowest BCUT2D eigenvalue weighted by Gasteiger charge is -2.23. The molecule has 0 aromatic rings. The molecular formula is C14H31NO2. The number of aliphatic hydroxyl groups excluding tert-OH is 1. The van der Waals surface area contributed by atoms with Gasteiger partial charge in [0.15, 0.2) is 0 Å². The largest absolute Gasteiger partial charge is 0.389 e. The van der Waals surface area contributed by atoms with Crippen LogP contribution in [-0.4, -0.2) is 36.0 Å². The van der Waals surface area contributed by atoms with Crippen molar-refractivity contribution in [1.29, 1.82) is 0 Å². The average Bonchev–Trinajstić information content (AvgIpc) is 2.22. The molecule has 3 heteroatoms. The predicted molar refractivity (Wildman–Crippen MR) is 73.2 cm³/mol. The van der Waals surface area contributed by atoms with E-state index in [4.69, 9.17) is 4.74 Å². The van der Waals surface area contributed by atoms with Crippen molar-refractivity contribution in [2.24, 2.45) is 5.92 Å². The van der Waals surface area contributed by atoms with Crippen molar-refractivity contribution >= 4 is 0 Å². The maximum absolute atomic E-state index is 9.77. The monoisotopic (exact) mass is 245 g/mol. The highest BCUT2D eigenvalue weighted by Crippen LogP contribution is 2.10. The third kappa shape index (κ3) is 10.7. The van der Waals surface area contributed by atoms with E-state index in [1.165, 1.54) is 6.42 Å². The molecule has 0 amide bonds. The van der Waals surface area contributed by atoms with Gasteiger partial charge in [0.2, 0.25) is 0 Å². The van der Waals surface area contributed by atoms with E-state index in [0.717, 1.165) is 12.3 Å². The standard InChI is InChI=1S/C14H31NO2/c1-7-11(2)8-12(3)15-9-13(16)10-17-14(4,5)6/h11-13,15-16H,7-10H2,1-6H3. The number of ether oxygens (including phenoxy) is 1. The van der Waals surface area contributed by atoms with Crippen LogP contribution in [0.15, 0.2) is 0 Å². The lowest BCUT2D eigenvalue weighted by molar-refractivity contribution is -0.0483. The molecule has 3 atom stereocenters. The Morgan fingerprint density at radius 3 is 2.29 bits per heavy atom. The summed E-state index contributed by atoms with van der Waals surface area (Å²) in [5.41, 5.74) is -0.177. The second-order valence-corrected chi connectivity index (χ2v) is 6.14. The Bertz CT molecular complexity index is 189. The first-order valence-corrected chi connectivity index (χ1v) is 6.80. The molecule has 0 aromatic carbocycles. The van der Waals surface area contributed by atoms with Crippen LogP contribution in [0.2, 0.25) is 0 Å². The van der Waals surface area contributed by atoms with Crippen molar-refractivity contribution in [2.75, 3.05) is 13.2 Å². The molecule has 0 saturated heterocycles. The van der Waals surface area contributed by atoms with Crippen LogP contribution < -0.4 is 5.32 Å². The SMILES string of the molecule is CCC(C)CC(C)NCC(O)COC(C)(C)C. The maximum atomic E-state index is 9.77. The molecule has 3 nitrogen and oxygen atoms in total. The van der Waals surface area contributed by atoms with Gasteiger partial charge in [-0.3, -0.25) is 0 Å². The molecule has 2 N–H and O–H groups in total. The van der Waals surface area contributed by atoms with E-state index in [1.54, 1.807) is 0 Å². The van der Waals surface area contributed by atoms with E-state index in [2.05, 4.69) is 26.1 Å². The third-order valence-corrected chi connectivity index (χ3v) is 2.86. The van der Waals surface area contributed by atoms with E-state index < -0.39 is 6.10 Å². The summed E-state index contributed by atoms with van der Waals surface area (Å²) >= 11 is 0. The topological polar surface area (TPSA) is 41.5 Å². The summed E-state index contributed by atoms with van der Waals surface area (Å²) in [5.74, 6) is 0.737. The molecule has 0 rings (SSSR count). The number of rotatable bonds is 8. The number of aliphatic hydroxyl groups is 1. The van der Waals surface area contributed by atoms with Crippen molar-refractivity contribution in [2.45, 2.75) is 72.1 Å². The molecule has 0 aliphatic carbocycles. The zero-order valence-corrected chi connectivity index (χ0v) is 12.4. The molecule has 0 aliphatic rings. The molecular weight excluding hydrogens is 214 g/mol. The lowest BCUT2D eigenvalue weighted by Crippen LogP contribution is -2.38. The Balaban J connectivity index is 3.65. The highest BCUT2D eigenvalue weighted by atomic mass is 16.5. The molecule has 0 spiro atoms. The Labute approximate surface area is 107 Å². The van der Waals surface area contributed by atoms with Crippen LogP contribution in [0, 0.1) is 5.92 Å². The minimum atomic E-state index is -0.423. The Kier molecular flexibility index (Phi) is 8.01. The Hall–Kier alpha value is -0.120. The van der Waals surface area contributed by atoms with Gasteiger partial charge in [-0.15, -0.1) is 0 Å². The van der Waals surface area contributed by atoms with E-state index >= 15 is 0 Å². The number of hydrogen-bond acceptors (Lipinski definition) is 3. The summed E-state index contributed by atoms with van der Waals surface area (Å²) in [6.45, 7) is 13.6. The van der Waals surface area contributed by atoms with Gasteiger partial charge in [0.25, 0.3) is 0 Å². The zero-order valence-electron chi connectivity index (χ0n) is 12.4. The molecule has 0 saturated carbocycles. The normalized spacial score (nSPS) is 17.8. The van der Waals surface area contributed by atoms with Crippen LogP contribution in [0.4, 0.5) is 0 Å². The van der Waals surface area contributed by atoms with E-state index in [-0.39, 0.29) is 5.60 Å². The first-order valence-electron chi connectivity index (χ1n) is 6.80. The van der Waals surface area contributed by atoms with Crippen LogP contribution >= 0.6 is 0 Å². The molecule has 0 heterocycles. The summed E-state index contributed by atoms with van der Waals surface area (Å²) in [7, 11) is 0. The number of nitrogens with one attached hydrogen (secondary N) is 1. The van der Waals surface area contributed by atoms with E-state index in [9.17, 15) is 5.11 Å². The molecule has 0 aromatic heterocycles. The van der Waals surface area contributed by atoms with Crippen LogP contribution in [0.3, 0.4) is 0 Å². The van der Waals surface area contributed by atoms with Crippen molar-refractivity contribution in [3.63, 3.8) is 0 Å². The third-order valence-electron chi connectivity index (χ3n) is 2.86. The van der Waals surface area contributed by atoms with Crippen LogP contribution in [0.5, 0.6) is 0 Å². The summed E-state index contributed by atoms with van der Waals surface area (Å²) in [5, 5.41) is 13.1. The van der Waals surface area contributed by atoms with Crippen LogP contribution in [-0.2, 0) is 4.74 Å². The van der Waals surface area contributed by atoms with Gasteiger partial charge in [-0.1, -0.05) is 20.3 Å². The summed E-state index contributed by atoms with van der Waals surface area (Å²) in [6, 6.07) is 0.453. The van der Waals surface area contributed by atoms with Gasteiger partial charge in [-0.2, -0.15) is 0 Å². The molecule has 0 fully saturated rings. The fraction of sp³-hybridized carbons (Fsp3) is 1.00. The van der Waals surface area contributed by atoms with E-state index in [1.807, 2.05) is 20.8 Å². The van der Waals surface area contributed by atoms with Gasteiger partial charge < -0.3 is 15.2 Å². The van der Waals surface area contributed by atoms with Crippen molar-refractivity contribution in [3.8, 4) is 0 Å². The van der Waals surface area contributed by atoms with Crippen LogP contribution in [0.25, 0.3) is 0 Å². The molecule has 0 radical (unpaired) electrons.